The van der Waals surface area contributed by atoms with Crippen molar-refractivity contribution in [2.75, 3.05) is 0 Å². The molecule has 6 aromatic rings. The molecule has 40 heavy (non-hydrogen) atoms. The number of aromatic nitrogens is 4. The van der Waals surface area contributed by atoms with E-state index in [4.69, 9.17) is 9.52 Å². The Kier molecular flexibility index (Phi) is 7.21. The molecule has 0 amide bonds. The first kappa shape index (κ1) is 27.5. The van der Waals surface area contributed by atoms with Crippen LogP contribution in [0.1, 0.15) is 39.0 Å². The molecule has 0 spiro atoms. The molecule has 0 saturated heterocycles. The summed E-state index contributed by atoms with van der Waals surface area (Å²) in [5.74, 6) is -0.448. The molecule has 1 aliphatic heterocycles. The van der Waals surface area contributed by atoms with E-state index in [0.717, 1.165) is 5.69 Å². The number of oxazole rings is 1. The van der Waals surface area contributed by atoms with Gasteiger partial charge in [-0.15, -0.1) is 11.6 Å². The van der Waals surface area contributed by atoms with Gasteiger partial charge in [-0.2, -0.15) is 53.6 Å². The summed E-state index contributed by atoms with van der Waals surface area (Å²) in [6, 6.07) is 33.8. The molecule has 7 rings (SSSR count). The number of rotatable bonds is 2. The molecule has 0 bridgehead atoms. The Morgan fingerprint density at radius 2 is 1.57 bits per heavy atom. The fraction of sp³-hybridized carbons (Fsp3) is 0.182. The topological polar surface area (TPSA) is 65.8 Å². The number of benzene rings is 3. The van der Waals surface area contributed by atoms with Crippen LogP contribution >= 0.6 is 0 Å². The molecular formula is C33H28IrN4O2-2. The van der Waals surface area contributed by atoms with E-state index in [1.165, 1.54) is 27.0 Å². The van der Waals surface area contributed by atoms with Gasteiger partial charge in [0.05, 0.1) is 11.9 Å². The molecule has 7 heteroatoms. The molecule has 3 aromatic heterocycles. The maximum absolute atomic E-state index is 11.7. The van der Waals surface area contributed by atoms with Crippen LogP contribution in [0.4, 0.5) is 0 Å². The average Bonchev–Trinajstić information content (AvgIpc) is 3.55. The van der Waals surface area contributed by atoms with Crippen LogP contribution in [0.3, 0.4) is 0 Å². The zero-order chi connectivity index (χ0) is 27.2. The summed E-state index contributed by atoms with van der Waals surface area (Å²) in [5, 5.41) is 4.72. The van der Waals surface area contributed by atoms with E-state index in [-0.39, 0.29) is 30.9 Å². The van der Waals surface area contributed by atoms with E-state index in [2.05, 4.69) is 92.0 Å². The van der Waals surface area contributed by atoms with Gasteiger partial charge in [-0.25, -0.2) is 9.78 Å². The summed E-state index contributed by atoms with van der Waals surface area (Å²) < 4.78 is 8.56. The first-order valence-corrected chi connectivity index (χ1v) is 12.9. The minimum Gasteiger partial charge on any atom is -0.406 e. The van der Waals surface area contributed by atoms with Gasteiger partial charge >= 0.3 is 5.76 Å². The van der Waals surface area contributed by atoms with E-state index >= 15 is 0 Å². The zero-order valence-electron chi connectivity index (χ0n) is 22.7. The molecule has 0 N–H and O–H groups in total. The van der Waals surface area contributed by atoms with Crippen molar-refractivity contribution in [2.24, 2.45) is 0 Å². The van der Waals surface area contributed by atoms with Gasteiger partial charge in [0.25, 0.3) is 0 Å². The van der Waals surface area contributed by atoms with Crippen molar-refractivity contribution < 1.29 is 24.5 Å². The number of pyridine rings is 1. The average molecular weight is 705 g/mol. The van der Waals surface area contributed by atoms with E-state index < -0.39 is 5.76 Å². The maximum Gasteiger partial charge on any atom is 0.423 e. The number of para-hydroxylation sites is 2. The van der Waals surface area contributed by atoms with Gasteiger partial charge in [0.15, 0.2) is 11.2 Å². The van der Waals surface area contributed by atoms with Crippen LogP contribution < -0.4 is 5.76 Å². The summed E-state index contributed by atoms with van der Waals surface area (Å²) in [7, 11) is 0. The Labute approximate surface area is 246 Å². The van der Waals surface area contributed by atoms with Crippen molar-refractivity contribution in [3.63, 3.8) is 0 Å². The van der Waals surface area contributed by atoms with Crippen LogP contribution in [0.15, 0.2) is 107 Å². The molecule has 3 aromatic carbocycles. The molecule has 6 nitrogen and oxygen atoms in total. The molecule has 1 aliphatic rings. The fourth-order valence-electron chi connectivity index (χ4n) is 5.28. The third-order valence-corrected chi connectivity index (χ3v) is 8.00. The van der Waals surface area contributed by atoms with E-state index in [9.17, 15) is 4.79 Å². The molecule has 0 aliphatic carbocycles. The maximum atomic E-state index is 11.7. The van der Waals surface area contributed by atoms with Gasteiger partial charge in [-0.3, -0.25) is 9.25 Å². The standard InChI is InChI=1S/C21H21N2.C12H7N2O2.Ir/c1-20(2)17-12-8-9-13-18(17)23-19(21(20,3)4)16(14-22-23)15-10-6-5-7-11-15;15-12-14(9-5-2-1-3-6-9)11-10(16-12)7-4-8-13-11;/h5-12,14H,1-4H3;1-5,7-8H;/q2*-1;. The van der Waals surface area contributed by atoms with E-state index in [1.807, 2.05) is 24.4 Å². The van der Waals surface area contributed by atoms with Crippen molar-refractivity contribution in [1.82, 2.24) is 19.3 Å². The van der Waals surface area contributed by atoms with Gasteiger partial charge in [0, 0.05) is 37.3 Å². The fourth-order valence-corrected chi connectivity index (χ4v) is 5.28. The molecule has 0 fully saturated rings. The normalized spacial score (nSPS) is 14.3. The first-order valence-electron chi connectivity index (χ1n) is 12.9. The Bertz CT molecular complexity index is 1820. The van der Waals surface area contributed by atoms with E-state index in [1.54, 1.807) is 30.5 Å². The van der Waals surface area contributed by atoms with Crippen LogP contribution in [-0.2, 0) is 30.9 Å². The minimum absolute atomic E-state index is 0. The molecule has 0 unspecified atom stereocenters. The quantitative estimate of drug-likeness (QED) is 0.189. The van der Waals surface area contributed by atoms with Crippen molar-refractivity contribution >= 4 is 11.2 Å². The van der Waals surface area contributed by atoms with Crippen molar-refractivity contribution in [2.45, 2.75) is 38.5 Å². The summed E-state index contributed by atoms with van der Waals surface area (Å²) in [6.45, 7) is 9.29. The van der Waals surface area contributed by atoms with Crippen molar-refractivity contribution in [3.05, 3.63) is 131 Å². The molecular weight excluding hydrogens is 677 g/mol. The van der Waals surface area contributed by atoms with E-state index in [0.29, 0.717) is 16.9 Å². The van der Waals surface area contributed by atoms with Crippen LogP contribution in [0.25, 0.3) is 33.7 Å². The van der Waals surface area contributed by atoms with Gasteiger partial charge in [-0.1, -0.05) is 63.7 Å². The molecule has 203 valence electrons. The first-order chi connectivity index (χ1) is 18.8. The van der Waals surface area contributed by atoms with Crippen LogP contribution in [0, 0.1) is 12.1 Å². The Morgan fingerprint density at radius 1 is 0.825 bits per heavy atom. The summed E-state index contributed by atoms with van der Waals surface area (Å²) in [4.78, 5) is 15.8. The van der Waals surface area contributed by atoms with Gasteiger partial charge in [0.1, 0.15) is 0 Å². The Balaban J connectivity index is 0.000000167. The van der Waals surface area contributed by atoms with Gasteiger partial charge in [-0.05, 0) is 28.8 Å². The zero-order valence-corrected chi connectivity index (χ0v) is 25.1. The van der Waals surface area contributed by atoms with Crippen LogP contribution in [-0.4, -0.2) is 19.3 Å². The Hall–Kier alpha value is -4.06. The van der Waals surface area contributed by atoms with Gasteiger partial charge < -0.3 is 4.42 Å². The second-order valence-corrected chi connectivity index (χ2v) is 10.6. The van der Waals surface area contributed by atoms with Crippen molar-refractivity contribution in [3.8, 4) is 22.5 Å². The predicted octanol–water partition coefficient (Wildman–Crippen LogP) is 6.68. The minimum atomic E-state index is -0.448. The Morgan fingerprint density at radius 3 is 2.33 bits per heavy atom. The number of nitrogens with zero attached hydrogens (tertiary/aromatic N) is 4. The monoisotopic (exact) mass is 705 g/mol. The summed E-state index contributed by atoms with van der Waals surface area (Å²) in [5.41, 5.74) is 7.65. The number of hydrogen-bond donors (Lipinski definition) is 0. The molecule has 4 heterocycles. The third kappa shape index (κ3) is 4.36. The summed E-state index contributed by atoms with van der Waals surface area (Å²) >= 11 is 0. The smallest absolute Gasteiger partial charge is 0.406 e. The van der Waals surface area contributed by atoms with Crippen LogP contribution in [0.2, 0.25) is 0 Å². The molecule has 0 saturated carbocycles. The van der Waals surface area contributed by atoms with Crippen molar-refractivity contribution in [1.29, 1.82) is 0 Å². The SMILES string of the molecule is CC1(C)c2ccc[c-]c2-n2ncc(-c3ccccc3)c2C1(C)C.O=c1oc2cccnc2n1-c1[c-]cccc1.[Ir]. The molecule has 1 radical (unpaired) electrons. The predicted molar refractivity (Wildman–Crippen MR) is 152 cm³/mol. The third-order valence-electron chi connectivity index (χ3n) is 8.00. The molecule has 0 atom stereocenters. The second kappa shape index (κ2) is 10.5. The van der Waals surface area contributed by atoms with Gasteiger partial charge in [0.2, 0.25) is 0 Å². The van der Waals surface area contributed by atoms with Crippen LogP contribution in [0.5, 0.6) is 0 Å². The number of fused-ring (bicyclic) bond motifs is 4. The number of hydrogen-bond acceptors (Lipinski definition) is 4. The summed E-state index contributed by atoms with van der Waals surface area (Å²) in [6.07, 6.45) is 3.62. The largest absolute Gasteiger partial charge is 0.423 e. The second-order valence-electron chi connectivity index (χ2n) is 10.6.